The maximum Gasteiger partial charge on any atom is 0.321 e. The maximum absolute atomic E-state index is 12.6. The molecular formula is C18H20N2O5S. The molecule has 0 unspecified atom stereocenters. The molecule has 26 heavy (non-hydrogen) atoms. The number of hydrogen-bond acceptors (Lipinski definition) is 5. The zero-order valence-electron chi connectivity index (χ0n) is 14.5. The lowest BCUT2D eigenvalue weighted by atomic mass is 10.2. The number of methoxy groups -OCH3 is 2. The average molecular weight is 376 g/mol. The number of anilines is 1. The van der Waals surface area contributed by atoms with Crippen LogP contribution in [0.5, 0.6) is 11.5 Å². The fourth-order valence-electron chi connectivity index (χ4n) is 2.66. The van der Waals surface area contributed by atoms with Crippen molar-refractivity contribution in [3.05, 3.63) is 48.5 Å². The van der Waals surface area contributed by atoms with Crippen LogP contribution in [0.4, 0.5) is 10.5 Å². The van der Waals surface area contributed by atoms with Gasteiger partial charge in [0.05, 0.1) is 19.1 Å². The van der Waals surface area contributed by atoms with Crippen molar-refractivity contribution in [2.75, 3.05) is 32.6 Å². The summed E-state index contributed by atoms with van der Waals surface area (Å²) < 4.78 is 35.4. The fraction of sp³-hybridized carbons (Fsp3) is 0.278. The molecule has 3 rings (SSSR count). The van der Waals surface area contributed by atoms with Gasteiger partial charge in [0.15, 0.2) is 9.84 Å². The van der Waals surface area contributed by atoms with Crippen molar-refractivity contribution in [1.82, 2.24) is 4.90 Å². The van der Waals surface area contributed by atoms with Gasteiger partial charge in [0, 0.05) is 24.8 Å². The standard InChI is InChI=1S/C18H20N2O5S/c1-24-14-6-8-16(9-7-14)26(22,23)17-11-20(12-17)18(21)19-13-4-3-5-15(10-13)25-2/h3-10,17H,11-12H2,1-2H3,(H,19,21). The second-order valence-corrected chi connectivity index (χ2v) is 8.14. The first-order valence-corrected chi connectivity index (χ1v) is 9.56. The first-order valence-electron chi connectivity index (χ1n) is 8.02. The van der Waals surface area contributed by atoms with Crippen LogP contribution < -0.4 is 14.8 Å². The predicted octanol–water partition coefficient (Wildman–Crippen LogP) is 2.39. The van der Waals surface area contributed by atoms with E-state index in [-0.39, 0.29) is 24.0 Å². The highest BCUT2D eigenvalue weighted by molar-refractivity contribution is 7.92. The number of rotatable bonds is 5. The number of nitrogens with one attached hydrogen (secondary N) is 1. The molecule has 2 aromatic rings. The summed E-state index contributed by atoms with van der Waals surface area (Å²) in [6.45, 7) is 0.314. The highest BCUT2D eigenvalue weighted by Crippen LogP contribution is 2.26. The Balaban J connectivity index is 1.61. The van der Waals surface area contributed by atoms with Gasteiger partial charge in [0.2, 0.25) is 0 Å². The number of carbonyl (C=O) groups excluding carboxylic acids is 1. The van der Waals surface area contributed by atoms with Crippen molar-refractivity contribution in [2.24, 2.45) is 0 Å². The number of ether oxygens (including phenoxy) is 2. The van der Waals surface area contributed by atoms with Crippen molar-refractivity contribution in [1.29, 1.82) is 0 Å². The lowest BCUT2D eigenvalue weighted by Gasteiger charge is -2.38. The highest BCUT2D eigenvalue weighted by Gasteiger charge is 2.40. The number of sulfone groups is 1. The van der Waals surface area contributed by atoms with Crippen molar-refractivity contribution in [3.8, 4) is 11.5 Å². The summed E-state index contributed by atoms with van der Waals surface area (Å²) in [5.41, 5.74) is 0.593. The number of nitrogens with zero attached hydrogens (tertiary/aromatic N) is 1. The van der Waals surface area contributed by atoms with Gasteiger partial charge in [-0.3, -0.25) is 0 Å². The fourth-order valence-corrected chi connectivity index (χ4v) is 4.31. The van der Waals surface area contributed by atoms with Crippen molar-refractivity contribution >= 4 is 21.6 Å². The molecule has 8 heteroatoms. The molecule has 138 valence electrons. The Morgan fingerprint density at radius 2 is 1.69 bits per heavy atom. The molecule has 1 aliphatic rings. The van der Waals surface area contributed by atoms with Crippen LogP contribution in [0.15, 0.2) is 53.4 Å². The zero-order valence-corrected chi connectivity index (χ0v) is 15.3. The molecule has 1 aliphatic heterocycles. The van der Waals surface area contributed by atoms with E-state index < -0.39 is 15.1 Å². The molecule has 2 aromatic carbocycles. The van der Waals surface area contributed by atoms with Crippen molar-refractivity contribution in [3.63, 3.8) is 0 Å². The third kappa shape index (κ3) is 3.60. The van der Waals surface area contributed by atoms with E-state index in [2.05, 4.69) is 5.32 Å². The number of likely N-dealkylation sites (tertiary alicyclic amines) is 1. The van der Waals surface area contributed by atoms with E-state index in [4.69, 9.17) is 9.47 Å². The summed E-state index contributed by atoms with van der Waals surface area (Å²) in [5, 5.41) is 2.14. The second kappa shape index (κ2) is 7.25. The van der Waals surface area contributed by atoms with Crippen molar-refractivity contribution in [2.45, 2.75) is 10.1 Å². The van der Waals surface area contributed by atoms with Crippen LogP contribution in [0.2, 0.25) is 0 Å². The van der Waals surface area contributed by atoms with Gasteiger partial charge in [-0.2, -0.15) is 0 Å². The van der Waals surface area contributed by atoms with E-state index in [1.165, 1.54) is 24.1 Å². The van der Waals surface area contributed by atoms with Gasteiger partial charge < -0.3 is 19.7 Å². The van der Waals surface area contributed by atoms with E-state index >= 15 is 0 Å². The molecule has 1 fully saturated rings. The minimum absolute atomic E-state index is 0.157. The van der Waals surface area contributed by atoms with Gasteiger partial charge in [-0.1, -0.05) is 6.07 Å². The molecular weight excluding hydrogens is 356 g/mol. The van der Waals surface area contributed by atoms with Gasteiger partial charge in [0.1, 0.15) is 16.7 Å². The Bertz CT molecular complexity index is 890. The van der Waals surface area contributed by atoms with E-state index in [0.29, 0.717) is 17.2 Å². The first-order chi connectivity index (χ1) is 12.4. The SMILES string of the molecule is COc1ccc(S(=O)(=O)C2CN(C(=O)Nc3cccc(OC)c3)C2)cc1. The number of carbonyl (C=O) groups is 1. The van der Waals surface area contributed by atoms with Gasteiger partial charge >= 0.3 is 6.03 Å². The summed E-state index contributed by atoms with van der Waals surface area (Å²) in [6, 6.07) is 12.9. The molecule has 0 saturated carbocycles. The zero-order chi connectivity index (χ0) is 18.7. The number of urea groups is 1. The normalized spacial score (nSPS) is 14.5. The second-order valence-electron chi connectivity index (χ2n) is 5.91. The summed E-state index contributed by atoms with van der Waals surface area (Å²) in [5.74, 6) is 1.23. The lowest BCUT2D eigenvalue weighted by Crippen LogP contribution is -2.58. The summed E-state index contributed by atoms with van der Waals surface area (Å²) >= 11 is 0. The topological polar surface area (TPSA) is 84.9 Å². The highest BCUT2D eigenvalue weighted by atomic mass is 32.2. The molecule has 0 bridgehead atoms. The van der Waals surface area contributed by atoms with E-state index in [1.807, 2.05) is 0 Å². The minimum Gasteiger partial charge on any atom is -0.497 e. The average Bonchev–Trinajstić information content (AvgIpc) is 2.60. The molecule has 1 saturated heterocycles. The van der Waals surface area contributed by atoms with Gasteiger partial charge in [-0.05, 0) is 36.4 Å². The van der Waals surface area contributed by atoms with Crippen LogP contribution >= 0.6 is 0 Å². The molecule has 0 aliphatic carbocycles. The molecule has 7 nitrogen and oxygen atoms in total. The molecule has 0 atom stereocenters. The van der Waals surface area contributed by atoms with Gasteiger partial charge in [-0.15, -0.1) is 0 Å². The van der Waals surface area contributed by atoms with Gasteiger partial charge in [-0.25, -0.2) is 13.2 Å². The number of hydrogen-bond donors (Lipinski definition) is 1. The monoisotopic (exact) mass is 376 g/mol. The van der Waals surface area contributed by atoms with Crippen LogP contribution in [0, 0.1) is 0 Å². The van der Waals surface area contributed by atoms with Crippen LogP contribution in [-0.2, 0) is 9.84 Å². The van der Waals surface area contributed by atoms with E-state index in [0.717, 1.165) is 0 Å². The molecule has 2 amide bonds. The molecule has 0 spiro atoms. The molecule has 1 heterocycles. The predicted molar refractivity (Wildman–Crippen MR) is 97.6 cm³/mol. The summed E-state index contributed by atoms with van der Waals surface area (Å²) in [4.78, 5) is 13.9. The largest absolute Gasteiger partial charge is 0.497 e. The maximum atomic E-state index is 12.6. The Morgan fingerprint density at radius 3 is 2.31 bits per heavy atom. The van der Waals surface area contributed by atoms with Crippen LogP contribution in [0.3, 0.4) is 0 Å². The summed E-state index contributed by atoms with van der Waals surface area (Å²) in [6.07, 6.45) is 0. The molecule has 1 N–H and O–H groups in total. The number of benzene rings is 2. The Hall–Kier alpha value is -2.74. The Kier molecular flexibility index (Phi) is 5.03. The third-order valence-electron chi connectivity index (χ3n) is 4.28. The van der Waals surface area contributed by atoms with E-state index in [1.54, 1.807) is 43.5 Å². The van der Waals surface area contributed by atoms with Gasteiger partial charge in [0.25, 0.3) is 0 Å². The Labute approximate surface area is 152 Å². The minimum atomic E-state index is -3.47. The molecule has 0 aromatic heterocycles. The van der Waals surface area contributed by atoms with Crippen LogP contribution in [0.25, 0.3) is 0 Å². The van der Waals surface area contributed by atoms with Crippen LogP contribution in [0.1, 0.15) is 0 Å². The van der Waals surface area contributed by atoms with E-state index in [9.17, 15) is 13.2 Å². The number of amides is 2. The smallest absolute Gasteiger partial charge is 0.321 e. The third-order valence-corrected chi connectivity index (χ3v) is 6.39. The molecule has 0 radical (unpaired) electrons. The Morgan fingerprint density at radius 1 is 1.04 bits per heavy atom. The summed E-state index contributed by atoms with van der Waals surface area (Å²) in [7, 11) is -0.406. The first kappa shape index (κ1) is 18.1. The van der Waals surface area contributed by atoms with Crippen molar-refractivity contribution < 1.29 is 22.7 Å². The van der Waals surface area contributed by atoms with Crippen LogP contribution in [-0.4, -0.2) is 51.9 Å². The quantitative estimate of drug-likeness (QED) is 0.866. The lowest BCUT2D eigenvalue weighted by molar-refractivity contribution is 0.182.